The van der Waals surface area contributed by atoms with Gasteiger partial charge in [0.15, 0.2) is 0 Å². The van der Waals surface area contributed by atoms with E-state index in [0.717, 1.165) is 5.70 Å². The summed E-state index contributed by atoms with van der Waals surface area (Å²) in [4.78, 5) is 10.6. The van der Waals surface area contributed by atoms with Crippen molar-refractivity contribution in [3.05, 3.63) is 23.9 Å². The third kappa shape index (κ3) is 5.93. The molecule has 60 valence electrons. The molecule has 0 saturated carbocycles. The Bertz CT molecular complexity index is 206. The number of nitrogens with one attached hydrogen (secondary N) is 1. The SMILES string of the molecule is CC=C/C=C(\[CH]=[W])NC(C)=O. The maximum atomic E-state index is 10.6. The fraction of sp³-hybridized carbons (Fsp3) is 0.250. The van der Waals surface area contributed by atoms with Crippen molar-refractivity contribution in [2.24, 2.45) is 0 Å². The summed E-state index contributed by atoms with van der Waals surface area (Å²) < 4.78 is 1.93. The average Bonchev–Trinajstić information content (AvgIpc) is 1.97. The van der Waals surface area contributed by atoms with Gasteiger partial charge in [0.2, 0.25) is 0 Å². The minimum atomic E-state index is -0.0294. The first-order chi connectivity index (χ1) is 5.20. The van der Waals surface area contributed by atoms with E-state index in [1.165, 1.54) is 26.3 Å². The van der Waals surface area contributed by atoms with Gasteiger partial charge >= 0.3 is 77.5 Å². The molecular weight excluding hydrogens is 310 g/mol. The van der Waals surface area contributed by atoms with E-state index in [1.807, 2.05) is 29.6 Å². The van der Waals surface area contributed by atoms with Crippen molar-refractivity contribution in [3.63, 3.8) is 0 Å². The summed E-state index contributed by atoms with van der Waals surface area (Å²) >= 11 is 1.32. The number of allylic oxidation sites excluding steroid dienone is 4. The van der Waals surface area contributed by atoms with Crippen LogP contribution in [-0.2, 0) is 24.1 Å². The predicted octanol–water partition coefficient (Wildman–Crippen LogP) is 0.931. The molecule has 0 unspecified atom stereocenters. The molecule has 0 rings (SSSR count). The van der Waals surface area contributed by atoms with Crippen molar-refractivity contribution < 1.29 is 24.1 Å². The van der Waals surface area contributed by atoms with Gasteiger partial charge in [-0.15, -0.1) is 0 Å². The van der Waals surface area contributed by atoms with Crippen molar-refractivity contribution in [1.82, 2.24) is 5.32 Å². The molecule has 0 fully saturated rings. The van der Waals surface area contributed by atoms with Crippen LogP contribution in [0.1, 0.15) is 13.8 Å². The summed E-state index contributed by atoms with van der Waals surface area (Å²) in [6, 6.07) is 0. The van der Waals surface area contributed by atoms with Crippen LogP contribution in [0, 0.1) is 0 Å². The molecule has 0 aliphatic heterocycles. The standard InChI is InChI=1S/C8H11NO.W/c1-4-5-6-7(2)9-8(3)10;/h2,4-6H,1,3H3,(H,9,10);/b5-4?,7-6+;. The van der Waals surface area contributed by atoms with Crippen LogP contribution in [0.2, 0.25) is 0 Å². The molecule has 1 N–H and O–H groups in total. The van der Waals surface area contributed by atoms with Gasteiger partial charge in [-0.3, -0.25) is 0 Å². The second-order valence-corrected chi connectivity index (χ2v) is 2.79. The molecule has 1 amide bonds. The van der Waals surface area contributed by atoms with Crippen LogP contribution in [0.5, 0.6) is 0 Å². The zero-order valence-electron chi connectivity index (χ0n) is 6.63. The van der Waals surface area contributed by atoms with Gasteiger partial charge in [-0.1, -0.05) is 0 Å². The van der Waals surface area contributed by atoms with E-state index in [0.29, 0.717) is 0 Å². The van der Waals surface area contributed by atoms with Gasteiger partial charge in [0.1, 0.15) is 0 Å². The van der Waals surface area contributed by atoms with Crippen LogP contribution in [0.4, 0.5) is 0 Å². The van der Waals surface area contributed by atoms with Gasteiger partial charge in [-0.25, -0.2) is 0 Å². The molecule has 0 aromatic heterocycles. The van der Waals surface area contributed by atoms with Gasteiger partial charge in [-0.05, 0) is 0 Å². The molecule has 0 aliphatic carbocycles. The molecule has 0 radical (unpaired) electrons. The van der Waals surface area contributed by atoms with Crippen molar-refractivity contribution in [2.45, 2.75) is 13.8 Å². The van der Waals surface area contributed by atoms with Crippen LogP contribution in [0.15, 0.2) is 23.9 Å². The summed E-state index contributed by atoms with van der Waals surface area (Å²) in [7, 11) is 0. The molecule has 0 atom stereocenters. The predicted molar refractivity (Wildman–Crippen MR) is 42.8 cm³/mol. The zero-order chi connectivity index (χ0) is 8.69. The topological polar surface area (TPSA) is 29.1 Å². The maximum absolute atomic E-state index is 10.6. The van der Waals surface area contributed by atoms with Gasteiger partial charge in [-0.2, -0.15) is 0 Å². The molecule has 0 bridgehead atoms. The first kappa shape index (κ1) is 10.5. The molecule has 0 aromatic carbocycles. The molecule has 0 aromatic rings. The van der Waals surface area contributed by atoms with Crippen molar-refractivity contribution >= 4 is 10.3 Å². The van der Waals surface area contributed by atoms with E-state index in [9.17, 15) is 4.79 Å². The van der Waals surface area contributed by atoms with Crippen molar-refractivity contribution in [2.75, 3.05) is 0 Å². The van der Waals surface area contributed by atoms with Crippen LogP contribution >= 0.6 is 0 Å². The molecule has 3 heteroatoms. The third-order valence-corrected chi connectivity index (χ3v) is 1.83. The number of hydrogen-bond acceptors (Lipinski definition) is 1. The number of amides is 1. The first-order valence-electron chi connectivity index (χ1n) is 3.26. The van der Waals surface area contributed by atoms with Crippen LogP contribution < -0.4 is 5.32 Å². The Hall–Kier alpha value is -0.492. The Morgan fingerprint density at radius 2 is 2.18 bits per heavy atom. The zero-order valence-corrected chi connectivity index (χ0v) is 9.56. The quantitative estimate of drug-likeness (QED) is 0.770. The Morgan fingerprint density at radius 1 is 1.55 bits per heavy atom. The van der Waals surface area contributed by atoms with Gasteiger partial charge in [0.25, 0.3) is 0 Å². The molecule has 0 aliphatic rings. The minimum absolute atomic E-state index is 0.0294. The second kappa shape index (κ2) is 6.23. The Kier molecular flexibility index (Phi) is 5.95. The van der Waals surface area contributed by atoms with Crippen molar-refractivity contribution in [1.29, 1.82) is 0 Å². The van der Waals surface area contributed by atoms with Gasteiger partial charge in [0, 0.05) is 0 Å². The van der Waals surface area contributed by atoms with E-state index in [2.05, 4.69) is 5.32 Å². The Balaban J connectivity index is 4.15. The third-order valence-electron chi connectivity index (χ3n) is 0.916. The Labute approximate surface area is 77.8 Å². The summed E-state index contributed by atoms with van der Waals surface area (Å²) in [5.74, 6) is -0.0294. The summed E-state index contributed by atoms with van der Waals surface area (Å²) in [6.07, 6.45) is 5.68. The van der Waals surface area contributed by atoms with Gasteiger partial charge < -0.3 is 0 Å². The number of rotatable bonds is 3. The fourth-order valence-corrected chi connectivity index (χ4v) is 1.01. The van der Waals surface area contributed by atoms with E-state index in [4.69, 9.17) is 0 Å². The molecule has 0 spiro atoms. The molecule has 0 heterocycles. The number of carbonyl (C=O) groups is 1. The average molecular weight is 321 g/mol. The number of hydrogen-bond donors (Lipinski definition) is 1. The molecule has 11 heavy (non-hydrogen) atoms. The monoisotopic (exact) mass is 321 g/mol. The van der Waals surface area contributed by atoms with E-state index in [1.54, 1.807) is 0 Å². The van der Waals surface area contributed by atoms with Crippen LogP contribution in [0.3, 0.4) is 0 Å². The molecule has 2 nitrogen and oxygen atoms in total. The fourth-order valence-electron chi connectivity index (χ4n) is 0.514. The summed E-state index contributed by atoms with van der Waals surface area (Å²) in [6.45, 7) is 3.44. The summed E-state index contributed by atoms with van der Waals surface area (Å²) in [5, 5.41) is 2.70. The second-order valence-electron chi connectivity index (χ2n) is 1.95. The van der Waals surface area contributed by atoms with E-state index >= 15 is 0 Å². The van der Waals surface area contributed by atoms with E-state index < -0.39 is 0 Å². The Morgan fingerprint density at radius 3 is 2.55 bits per heavy atom. The first-order valence-corrected chi connectivity index (χ1v) is 4.95. The van der Waals surface area contributed by atoms with Crippen LogP contribution in [-0.4, -0.2) is 10.3 Å². The molecule has 0 saturated heterocycles. The van der Waals surface area contributed by atoms with Gasteiger partial charge in [0.05, 0.1) is 0 Å². The number of carbonyl (C=O) groups excluding carboxylic acids is 1. The van der Waals surface area contributed by atoms with E-state index in [-0.39, 0.29) is 5.91 Å². The molecular formula is C8H11NOW. The van der Waals surface area contributed by atoms with Crippen molar-refractivity contribution in [3.8, 4) is 0 Å². The normalized spacial score (nSPS) is 11.6. The summed E-state index contributed by atoms with van der Waals surface area (Å²) in [5.41, 5.74) is 0.866. The van der Waals surface area contributed by atoms with Crippen LogP contribution in [0.25, 0.3) is 0 Å².